The maximum Gasteiger partial charge on any atom is 0.269 e. The number of carbonyl (C=O) groups is 1. The first kappa shape index (κ1) is 16.5. The lowest BCUT2D eigenvalue weighted by Gasteiger charge is -2.25. The number of anilines is 1. The highest BCUT2D eigenvalue weighted by Crippen LogP contribution is 2.24. The van der Waals surface area contributed by atoms with Gasteiger partial charge in [0.2, 0.25) is 0 Å². The van der Waals surface area contributed by atoms with Crippen LogP contribution in [0.2, 0.25) is 0 Å². The van der Waals surface area contributed by atoms with Crippen LogP contribution in [-0.2, 0) is 6.54 Å². The van der Waals surface area contributed by atoms with Gasteiger partial charge >= 0.3 is 0 Å². The first-order chi connectivity index (χ1) is 12.3. The van der Waals surface area contributed by atoms with Gasteiger partial charge in [-0.3, -0.25) is 15.0 Å². The monoisotopic (exact) mass is 372 g/mol. The number of aromatic nitrogens is 2. The van der Waals surface area contributed by atoms with Crippen LogP contribution in [0.3, 0.4) is 0 Å². The minimum Gasteiger partial charge on any atom is -0.322 e. The number of thiophene rings is 1. The highest BCUT2D eigenvalue weighted by molar-refractivity contribution is 7.14. The van der Waals surface area contributed by atoms with Crippen molar-refractivity contribution in [3.63, 3.8) is 0 Å². The molecular formula is C18H20N4OS2. The van der Waals surface area contributed by atoms with E-state index >= 15 is 0 Å². The second-order valence-corrected chi connectivity index (χ2v) is 7.93. The van der Waals surface area contributed by atoms with E-state index in [4.69, 9.17) is 0 Å². The molecule has 1 N–H and O–H groups in total. The van der Waals surface area contributed by atoms with Crippen molar-refractivity contribution in [3.8, 4) is 5.69 Å². The number of piperidine rings is 1. The Morgan fingerprint density at radius 1 is 1.16 bits per heavy atom. The zero-order chi connectivity index (χ0) is 17.1. The number of nitrogens with zero attached hydrogens (tertiary/aromatic N) is 3. The van der Waals surface area contributed by atoms with Crippen LogP contribution in [0.25, 0.3) is 5.69 Å². The Labute approximate surface area is 154 Å². The molecule has 1 amide bonds. The van der Waals surface area contributed by atoms with E-state index < -0.39 is 0 Å². The lowest BCUT2D eigenvalue weighted by molar-refractivity contribution is 0.103. The van der Waals surface area contributed by atoms with Crippen LogP contribution in [0.15, 0.2) is 41.4 Å². The Hall–Kier alpha value is -1.96. The quantitative estimate of drug-likeness (QED) is 0.729. The van der Waals surface area contributed by atoms with Crippen molar-refractivity contribution in [2.75, 3.05) is 18.4 Å². The molecule has 0 saturated carbocycles. The third kappa shape index (κ3) is 3.84. The summed E-state index contributed by atoms with van der Waals surface area (Å²) in [5.41, 5.74) is 1.94. The van der Waals surface area contributed by atoms with Crippen molar-refractivity contribution in [1.29, 1.82) is 0 Å². The van der Waals surface area contributed by atoms with Gasteiger partial charge in [-0.25, -0.2) is 4.98 Å². The van der Waals surface area contributed by atoms with E-state index in [0.29, 0.717) is 10.0 Å². The summed E-state index contributed by atoms with van der Waals surface area (Å²) in [4.78, 5) is 20.4. The fourth-order valence-electron chi connectivity index (χ4n) is 3.11. The molecule has 1 saturated heterocycles. The van der Waals surface area contributed by atoms with Crippen LogP contribution >= 0.6 is 22.7 Å². The molecule has 4 heterocycles. The Morgan fingerprint density at radius 2 is 1.96 bits per heavy atom. The van der Waals surface area contributed by atoms with Gasteiger partial charge in [-0.1, -0.05) is 6.42 Å². The smallest absolute Gasteiger partial charge is 0.269 e. The van der Waals surface area contributed by atoms with E-state index in [1.165, 1.54) is 41.9 Å². The Bertz CT molecular complexity index is 831. The van der Waals surface area contributed by atoms with E-state index in [-0.39, 0.29) is 5.91 Å². The molecule has 0 aliphatic carbocycles. The molecule has 0 radical (unpaired) electrons. The molecule has 0 spiro atoms. The van der Waals surface area contributed by atoms with Crippen LogP contribution in [-0.4, -0.2) is 33.4 Å². The zero-order valence-electron chi connectivity index (χ0n) is 13.9. The number of rotatable bonds is 5. The molecule has 25 heavy (non-hydrogen) atoms. The molecule has 0 atom stereocenters. The molecular weight excluding hydrogens is 352 g/mol. The Balaban J connectivity index is 1.43. The van der Waals surface area contributed by atoms with Crippen molar-refractivity contribution >= 4 is 33.7 Å². The van der Waals surface area contributed by atoms with Gasteiger partial charge in [0.05, 0.1) is 11.4 Å². The molecule has 0 bridgehead atoms. The van der Waals surface area contributed by atoms with Crippen LogP contribution in [0.1, 0.15) is 34.6 Å². The summed E-state index contributed by atoms with van der Waals surface area (Å²) in [6.45, 7) is 3.17. The first-order valence-electron chi connectivity index (χ1n) is 8.48. The van der Waals surface area contributed by atoms with Gasteiger partial charge in [-0.2, -0.15) is 0 Å². The van der Waals surface area contributed by atoms with Gasteiger partial charge in [-0.05, 0) is 49.5 Å². The van der Waals surface area contributed by atoms with Gasteiger partial charge in [0.15, 0.2) is 5.13 Å². The van der Waals surface area contributed by atoms with Crippen molar-refractivity contribution in [3.05, 3.63) is 51.9 Å². The maximum absolute atomic E-state index is 12.6. The summed E-state index contributed by atoms with van der Waals surface area (Å²) in [5.74, 6) is -0.0995. The molecule has 7 heteroatoms. The first-order valence-corrected chi connectivity index (χ1v) is 10.2. The van der Waals surface area contributed by atoms with Crippen LogP contribution in [0.4, 0.5) is 5.13 Å². The third-order valence-electron chi connectivity index (χ3n) is 4.34. The standard InChI is InChI=1S/C18H20N4OS2/c23-17(16-15(6-11-24-16)22-9-4-5-10-22)20-18-19-14(13-25-18)12-21-7-2-1-3-8-21/h4-6,9-11,13H,1-3,7-8,12H2,(H,19,20,23). The zero-order valence-corrected chi connectivity index (χ0v) is 15.5. The number of likely N-dealkylation sites (tertiary alicyclic amines) is 1. The Morgan fingerprint density at radius 3 is 2.76 bits per heavy atom. The second-order valence-electron chi connectivity index (χ2n) is 6.16. The molecule has 130 valence electrons. The molecule has 3 aromatic heterocycles. The van der Waals surface area contributed by atoms with Crippen LogP contribution in [0, 0.1) is 0 Å². The van der Waals surface area contributed by atoms with Gasteiger partial charge < -0.3 is 4.57 Å². The van der Waals surface area contributed by atoms with E-state index in [1.54, 1.807) is 0 Å². The topological polar surface area (TPSA) is 50.2 Å². The SMILES string of the molecule is O=C(Nc1nc(CN2CCCCC2)cs1)c1sccc1-n1cccc1. The average molecular weight is 373 g/mol. The van der Waals surface area contributed by atoms with Gasteiger partial charge in [0, 0.05) is 24.3 Å². The molecule has 1 aliphatic rings. The normalized spacial score (nSPS) is 15.4. The second kappa shape index (κ2) is 7.51. The van der Waals surface area contributed by atoms with Gasteiger partial charge in [-0.15, -0.1) is 22.7 Å². The van der Waals surface area contributed by atoms with Crippen LogP contribution in [0.5, 0.6) is 0 Å². The van der Waals surface area contributed by atoms with Crippen molar-refractivity contribution in [2.45, 2.75) is 25.8 Å². The fourth-order valence-corrected chi connectivity index (χ4v) is 4.59. The van der Waals surface area contributed by atoms with Crippen molar-refractivity contribution in [1.82, 2.24) is 14.5 Å². The summed E-state index contributed by atoms with van der Waals surface area (Å²) < 4.78 is 1.95. The lowest BCUT2D eigenvalue weighted by atomic mass is 10.1. The number of nitrogens with one attached hydrogen (secondary N) is 1. The van der Waals surface area contributed by atoms with E-state index in [9.17, 15) is 4.79 Å². The highest BCUT2D eigenvalue weighted by atomic mass is 32.1. The van der Waals surface area contributed by atoms with Gasteiger partial charge in [0.1, 0.15) is 4.88 Å². The highest BCUT2D eigenvalue weighted by Gasteiger charge is 2.17. The number of amides is 1. The third-order valence-corrected chi connectivity index (χ3v) is 6.05. The average Bonchev–Trinajstić information content (AvgIpc) is 3.37. The van der Waals surface area contributed by atoms with Gasteiger partial charge in [0.25, 0.3) is 5.91 Å². The van der Waals surface area contributed by atoms with E-state index in [2.05, 4.69) is 15.2 Å². The predicted molar refractivity (Wildman–Crippen MR) is 103 cm³/mol. The van der Waals surface area contributed by atoms with Crippen molar-refractivity contribution in [2.24, 2.45) is 0 Å². The summed E-state index contributed by atoms with van der Waals surface area (Å²) >= 11 is 2.94. The Kier molecular flexibility index (Phi) is 4.96. The number of hydrogen-bond acceptors (Lipinski definition) is 5. The molecule has 0 unspecified atom stereocenters. The minimum absolute atomic E-state index is 0.0995. The summed E-state index contributed by atoms with van der Waals surface area (Å²) in [5, 5.41) is 7.61. The predicted octanol–water partition coefficient (Wildman–Crippen LogP) is 4.23. The number of thiazole rings is 1. The lowest BCUT2D eigenvalue weighted by Crippen LogP contribution is -2.29. The van der Waals surface area contributed by atoms with E-state index in [0.717, 1.165) is 31.0 Å². The summed E-state index contributed by atoms with van der Waals surface area (Å²) in [7, 11) is 0. The minimum atomic E-state index is -0.0995. The summed E-state index contributed by atoms with van der Waals surface area (Å²) in [6.07, 6.45) is 7.76. The van der Waals surface area contributed by atoms with E-state index in [1.807, 2.05) is 45.9 Å². The molecule has 4 rings (SSSR count). The molecule has 1 aliphatic heterocycles. The van der Waals surface area contributed by atoms with Crippen molar-refractivity contribution < 1.29 is 4.79 Å². The molecule has 0 aromatic carbocycles. The summed E-state index contributed by atoms with van der Waals surface area (Å²) in [6, 6.07) is 5.86. The number of hydrogen-bond donors (Lipinski definition) is 1. The number of carbonyl (C=O) groups excluding carboxylic acids is 1. The largest absolute Gasteiger partial charge is 0.322 e. The maximum atomic E-state index is 12.6. The fraction of sp³-hybridized carbons (Fsp3) is 0.333. The van der Waals surface area contributed by atoms with Crippen LogP contribution < -0.4 is 5.32 Å². The molecule has 5 nitrogen and oxygen atoms in total. The molecule has 3 aromatic rings. The molecule has 1 fully saturated rings.